The van der Waals surface area contributed by atoms with Gasteiger partial charge in [-0.3, -0.25) is 4.90 Å². The number of nitrogens with zero attached hydrogens (tertiary/aromatic N) is 1. The molecular formula is C13H25F3N2. The minimum absolute atomic E-state index is 0.252. The van der Waals surface area contributed by atoms with E-state index < -0.39 is 12.1 Å². The van der Waals surface area contributed by atoms with Crippen molar-refractivity contribution < 1.29 is 13.2 Å². The van der Waals surface area contributed by atoms with Gasteiger partial charge >= 0.3 is 6.18 Å². The zero-order valence-electron chi connectivity index (χ0n) is 11.6. The Morgan fingerprint density at radius 3 is 2.17 bits per heavy atom. The van der Waals surface area contributed by atoms with E-state index in [4.69, 9.17) is 0 Å². The molecule has 0 bridgehead atoms. The fourth-order valence-electron chi connectivity index (χ4n) is 2.50. The molecule has 1 unspecified atom stereocenters. The van der Waals surface area contributed by atoms with Gasteiger partial charge in [-0.1, -0.05) is 20.8 Å². The quantitative estimate of drug-likeness (QED) is 0.823. The van der Waals surface area contributed by atoms with E-state index in [1.54, 1.807) is 0 Å². The predicted molar refractivity (Wildman–Crippen MR) is 67.6 cm³/mol. The first-order valence-corrected chi connectivity index (χ1v) is 6.88. The number of hydrogen-bond donors (Lipinski definition) is 1. The molecule has 0 aromatic rings. The summed E-state index contributed by atoms with van der Waals surface area (Å²) < 4.78 is 37.7. The number of alkyl halides is 3. The van der Waals surface area contributed by atoms with Gasteiger partial charge in [0.25, 0.3) is 0 Å². The van der Waals surface area contributed by atoms with E-state index in [1.807, 2.05) is 0 Å². The van der Waals surface area contributed by atoms with Crippen molar-refractivity contribution >= 4 is 0 Å². The van der Waals surface area contributed by atoms with Gasteiger partial charge in [0.2, 0.25) is 0 Å². The molecule has 5 heteroatoms. The van der Waals surface area contributed by atoms with Crippen LogP contribution in [0.25, 0.3) is 0 Å². The van der Waals surface area contributed by atoms with Crippen molar-refractivity contribution in [3.63, 3.8) is 0 Å². The summed E-state index contributed by atoms with van der Waals surface area (Å²) in [5.74, 6) is -1.09. The summed E-state index contributed by atoms with van der Waals surface area (Å²) >= 11 is 0. The number of rotatable bonds is 5. The van der Waals surface area contributed by atoms with Crippen molar-refractivity contribution in [3.8, 4) is 0 Å². The van der Waals surface area contributed by atoms with Crippen LogP contribution in [0.5, 0.6) is 0 Å². The van der Waals surface area contributed by atoms with Crippen LogP contribution in [-0.2, 0) is 0 Å². The van der Waals surface area contributed by atoms with Gasteiger partial charge in [0.1, 0.15) is 0 Å². The van der Waals surface area contributed by atoms with Crippen LogP contribution in [0.1, 0.15) is 40.0 Å². The lowest BCUT2D eigenvalue weighted by molar-refractivity contribution is -0.186. The van der Waals surface area contributed by atoms with E-state index in [-0.39, 0.29) is 12.8 Å². The maximum atomic E-state index is 12.6. The third-order valence-electron chi connectivity index (χ3n) is 3.74. The molecule has 1 fully saturated rings. The molecular weight excluding hydrogens is 241 g/mol. The third kappa shape index (κ3) is 4.76. The molecule has 1 rings (SSSR count). The van der Waals surface area contributed by atoms with Crippen molar-refractivity contribution in [2.75, 3.05) is 19.6 Å². The second-order valence-electron chi connectivity index (χ2n) is 5.48. The second kappa shape index (κ2) is 6.75. The average molecular weight is 266 g/mol. The Morgan fingerprint density at radius 1 is 1.22 bits per heavy atom. The van der Waals surface area contributed by atoms with Crippen LogP contribution < -0.4 is 5.32 Å². The van der Waals surface area contributed by atoms with Crippen molar-refractivity contribution in [1.82, 2.24) is 10.2 Å². The number of nitrogens with one attached hydrogen (secondary N) is 1. The van der Waals surface area contributed by atoms with Gasteiger partial charge in [-0.05, 0) is 32.4 Å². The standard InChI is InChI=1S/C13H25F3N2/c1-4-12(9-17-10(2)3)18-7-5-11(6-8-18)13(14,15)16/h10-12,17H,4-9H2,1-3H3. The van der Waals surface area contributed by atoms with Gasteiger partial charge in [0.15, 0.2) is 0 Å². The lowest BCUT2D eigenvalue weighted by Gasteiger charge is -2.38. The highest BCUT2D eigenvalue weighted by Gasteiger charge is 2.41. The highest BCUT2D eigenvalue weighted by atomic mass is 19.4. The van der Waals surface area contributed by atoms with Crippen molar-refractivity contribution in [2.45, 2.75) is 58.3 Å². The first-order chi connectivity index (χ1) is 8.34. The molecule has 0 aliphatic carbocycles. The number of piperidine rings is 1. The molecule has 1 N–H and O–H groups in total. The molecule has 1 heterocycles. The van der Waals surface area contributed by atoms with Crippen LogP contribution >= 0.6 is 0 Å². The molecule has 1 aliphatic rings. The molecule has 0 aromatic carbocycles. The fourth-order valence-corrected chi connectivity index (χ4v) is 2.50. The van der Waals surface area contributed by atoms with E-state index >= 15 is 0 Å². The molecule has 108 valence electrons. The van der Waals surface area contributed by atoms with Crippen molar-refractivity contribution in [1.29, 1.82) is 0 Å². The van der Waals surface area contributed by atoms with Crippen LogP contribution in [0.4, 0.5) is 13.2 Å². The van der Waals surface area contributed by atoms with Crippen LogP contribution in [0, 0.1) is 5.92 Å². The molecule has 2 nitrogen and oxygen atoms in total. The van der Waals surface area contributed by atoms with Gasteiger partial charge in [-0.25, -0.2) is 0 Å². The van der Waals surface area contributed by atoms with Crippen LogP contribution in [-0.4, -0.2) is 42.8 Å². The number of likely N-dealkylation sites (tertiary alicyclic amines) is 1. The summed E-state index contributed by atoms with van der Waals surface area (Å²) in [5, 5.41) is 3.37. The van der Waals surface area contributed by atoms with E-state index in [1.165, 1.54) is 0 Å². The zero-order chi connectivity index (χ0) is 13.8. The molecule has 1 atom stereocenters. The predicted octanol–water partition coefficient (Wildman–Crippen LogP) is 3.04. The van der Waals surface area contributed by atoms with Gasteiger partial charge in [0.05, 0.1) is 5.92 Å². The lowest BCUT2D eigenvalue weighted by atomic mass is 9.95. The Kier molecular flexibility index (Phi) is 5.92. The molecule has 0 spiro atoms. The molecule has 1 aliphatic heterocycles. The highest BCUT2D eigenvalue weighted by molar-refractivity contribution is 4.82. The summed E-state index contributed by atoms with van der Waals surface area (Å²) in [6.07, 6.45) is -2.52. The van der Waals surface area contributed by atoms with Gasteiger partial charge < -0.3 is 5.32 Å². The minimum Gasteiger partial charge on any atom is -0.313 e. The summed E-state index contributed by atoms with van der Waals surface area (Å²) in [4.78, 5) is 2.21. The van der Waals surface area contributed by atoms with E-state index in [0.29, 0.717) is 25.2 Å². The molecule has 0 amide bonds. The SMILES string of the molecule is CCC(CNC(C)C)N1CCC(C(F)(F)F)CC1. The first kappa shape index (κ1) is 15.8. The number of hydrogen-bond acceptors (Lipinski definition) is 2. The Balaban J connectivity index is 2.40. The third-order valence-corrected chi connectivity index (χ3v) is 3.74. The molecule has 18 heavy (non-hydrogen) atoms. The van der Waals surface area contributed by atoms with E-state index in [9.17, 15) is 13.2 Å². The van der Waals surface area contributed by atoms with E-state index in [0.717, 1.165) is 13.0 Å². The van der Waals surface area contributed by atoms with Gasteiger partial charge in [0, 0.05) is 18.6 Å². The van der Waals surface area contributed by atoms with Crippen molar-refractivity contribution in [2.24, 2.45) is 5.92 Å². The topological polar surface area (TPSA) is 15.3 Å². The largest absolute Gasteiger partial charge is 0.391 e. The van der Waals surface area contributed by atoms with Gasteiger partial charge in [-0.2, -0.15) is 13.2 Å². The first-order valence-electron chi connectivity index (χ1n) is 6.88. The Labute approximate surface area is 108 Å². The summed E-state index contributed by atoms with van der Waals surface area (Å²) in [5.41, 5.74) is 0. The Bertz CT molecular complexity index is 233. The van der Waals surface area contributed by atoms with Gasteiger partial charge in [-0.15, -0.1) is 0 Å². The van der Waals surface area contributed by atoms with Crippen LogP contribution in [0.3, 0.4) is 0 Å². The molecule has 0 aromatic heterocycles. The highest BCUT2D eigenvalue weighted by Crippen LogP contribution is 2.34. The van der Waals surface area contributed by atoms with Crippen LogP contribution in [0.15, 0.2) is 0 Å². The maximum absolute atomic E-state index is 12.6. The normalized spacial score (nSPS) is 21.5. The molecule has 1 saturated heterocycles. The number of halogens is 3. The summed E-state index contributed by atoms with van der Waals surface area (Å²) in [6, 6.07) is 0.786. The molecule has 0 radical (unpaired) electrons. The zero-order valence-corrected chi connectivity index (χ0v) is 11.6. The minimum atomic E-state index is -4.01. The fraction of sp³-hybridized carbons (Fsp3) is 1.00. The maximum Gasteiger partial charge on any atom is 0.391 e. The summed E-state index contributed by atoms with van der Waals surface area (Å²) in [7, 11) is 0. The second-order valence-corrected chi connectivity index (χ2v) is 5.48. The monoisotopic (exact) mass is 266 g/mol. The smallest absolute Gasteiger partial charge is 0.313 e. The van der Waals surface area contributed by atoms with E-state index in [2.05, 4.69) is 31.0 Å². The lowest BCUT2D eigenvalue weighted by Crippen LogP contribution is -2.48. The van der Waals surface area contributed by atoms with Crippen LogP contribution in [0.2, 0.25) is 0 Å². The Hall–Kier alpha value is -0.290. The molecule has 0 saturated carbocycles. The Morgan fingerprint density at radius 2 is 1.78 bits per heavy atom. The summed E-state index contributed by atoms with van der Waals surface area (Å²) in [6.45, 7) is 8.28. The average Bonchev–Trinajstić information content (AvgIpc) is 2.29. The van der Waals surface area contributed by atoms with Crippen molar-refractivity contribution in [3.05, 3.63) is 0 Å².